The fraction of sp³-hybridized carbons (Fsp3) is 0.556. The summed E-state index contributed by atoms with van der Waals surface area (Å²) in [5.41, 5.74) is 0.169. The third-order valence-electron chi connectivity index (χ3n) is 3.35. The normalized spacial score (nSPS) is 12.4. The molecule has 1 aromatic carbocycles. The molecule has 0 fully saturated rings. The van der Waals surface area contributed by atoms with Crippen molar-refractivity contribution >= 4 is 57.2 Å². The Morgan fingerprint density at radius 3 is 2.33 bits per heavy atom. The molecule has 0 aromatic heterocycles. The summed E-state index contributed by atoms with van der Waals surface area (Å²) in [6.45, 7) is 6.27. The Morgan fingerprint density at radius 2 is 1.81 bits per heavy atom. The van der Waals surface area contributed by atoms with Gasteiger partial charge < -0.3 is 25.2 Å². The lowest BCUT2D eigenvalue weighted by molar-refractivity contribution is -0.123. The molecular formula is C18H26I2N2O5. The molecule has 0 aliphatic heterocycles. The van der Waals surface area contributed by atoms with Crippen LogP contribution >= 0.6 is 45.2 Å². The molecule has 0 radical (unpaired) electrons. The number of nitrogens with one attached hydrogen (secondary N) is 2. The van der Waals surface area contributed by atoms with Gasteiger partial charge in [-0.1, -0.05) is 0 Å². The van der Waals surface area contributed by atoms with Crippen molar-refractivity contribution in [3.63, 3.8) is 0 Å². The van der Waals surface area contributed by atoms with Crippen molar-refractivity contribution in [2.24, 2.45) is 0 Å². The molecular weight excluding hydrogens is 578 g/mol. The highest BCUT2D eigenvalue weighted by Crippen LogP contribution is 2.27. The number of hydrogen-bond acceptors (Lipinski definition) is 5. The summed E-state index contributed by atoms with van der Waals surface area (Å²) in [5, 5.41) is 15.4. The van der Waals surface area contributed by atoms with Crippen LogP contribution in [-0.2, 0) is 20.7 Å². The lowest BCUT2D eigenvalue weighted by atomic mass is 10.1. The molecule has 27 heavy (non-hydrogen) atoms. The molecule has 7 nitrogen and oxygen atoms in total. The van der Waals surface area contributed by atoms with Crippen molar-refractivity contribution in [2.75, 3.05) is 20.3 Å². The predicted molar refractivity (Wildman–Crippen MR) is 120 cm³/mol. The number of phenolic OH excluding ortho intramolecular Hbond substituents is 1. The van der Waals surface area contributed by atoms with Crippen LogP contribution in [0.2, 0.25) is 0 Å². The van der Waals surface area contributed by atoms with Crippen LogP contribution in [-0.4, -0.2) is 49.0 Å². The van der Waals surface area contributed by atoms with E-state index in [9.17, 15) is 14.7 Å². The van der Waals surface area contributed by atoms with E-state index >= 15 is 0 Å². The number of carbonyl (C=O) groups excluding carboxylic acids is 2. The van der Waals surface area contributed by atoms with Crippen LogP contribution in [0.1, 0.15) is 32.8 Å². The standard InChI is InChI=1S/C18H26I2N2O5/c1-18(2,3)27-17(25)22-14(16(24)21-6-5-7-26-4)10-11-8-12(19)15(23)13(20)9-11/h8-9,14,23H,5-7,10H2,1-4H3,(H,21,24)(H,22,25)/t14-/m1/s1. The van der Waals surface area contributed by atoms with E-state index in [1.807, 2.05) is 45.2 Å². The molecule has 0 heterocycles. The molecule has 0 unspecified atom stereocenters. The van der Waals surface area contributed by atoms with Gasteiger partial charge in [-0.2, -0.15) is 0 Å². The number of phenols is 1. The average Bonchev–Trinajstić information content (AvgIpc) is 2.54. The van der Waals surface area contributed by atoms with E-state index in [0.29, 0.717) is 26.7 Å². The second kappa shape index (κ2) is 11.2. The maximum Gasteiger partial charge on any atom is 0.408 e. The van der Waals surface area contributed by atoms with Crippen molar-refractivity contribution in [1.82, 2.24) is 10.6 Å². The first-order valence-corrected chi connectivity index (χ1v) is 10.6. The zero-order valence-corrected chi connectivity index (χ0v) is 20.2. The lowest BCUT2D eigenvalue weighted by Gasteiger charge is -2.23. The zero-order valence-electron chi connectivity index (χ0n) is 15.9. The van der Waals surface area contributed by atoms with Crippen molar-refractivity contribution in [2.45, 2.75) is 45.3 Å². The van der Waals surface area contributed by atoms with Gasteiger partial charge in [-0.25, -0.2) is 4.79 Å². The Kier molecular flexibility index (Phi) is 10.1. The van der Waals surface area contributed by atoms with Crippen molar-refractivity contribution in [3.05, 3.63) is 24.8 Å². The Hall–Kier alpha value is -0.820. The summed E-state index contributed by atoms with van der Waals surface area (Å²) in [6, 6.07) is 2.79. The number of carbonyl (C=O) groups is 2. The maximum atomic E-state index is 12.6. The summed E-state index contributed by atoms with van der Waals surface area (Å²) in [7, 11) is 1.60. The molecule has 152 valence electrons. The molecule has 3 N–H and O–H groups in total. The minimum Gasteiger partial charge on any atom is -0.506 e. The molecule has 0 saturated carbocycles. The highest BCUT2D eigenvalue weighted by Gasteiger charge is 2.25. The highest BCUT2D eigenvalue weighted by atomic mass is 127. The van der Waals surface area contributed by atoms with Gasteiger partial charge in [0.2, 0.25) is 5.91 Å². The maximum absolute atomic E-state index is 12.6. The number of halogens is 2. The van der Waals surface area contributed by atoms with E-state index in [0.717, 1.165) is 5.56 Å². The monoisotopic (exact) mass is 604 g/mol. The second-order valence-electron chi connectivity index (χ2n) is 6.95. The van der Waals surface area contributed by atoms with Crippen LogP contribution in [0, 0.1) is 7.14 Å². The SMILES string of the molecule is COCCCNC(=O)[C@@H](Cc1cc(I)c(O)c(I)c1)NC(=O)OC(C)(C)C. The van der Waals surface area contributed by atoms with E-state index in [1.165, 1.54) is 0 Å². The van der Waals surface area contributed by atoms with Gasteiger partial charge in [0.25, 0.3) is 0 Å². The first-order chi connectivity index (χ1) is 12.5. The fourth-order valence-corrected chi connectivity index (χ4v) is 4.08. The summed E-state index contributed by atoms with van der Waals surface area (Å²) in [5.74, 6) is -0.0873. The van der Waals surface area contributed by atoms with Crippen LogP contribution in [0.4, 0.5) is 4.79 Å². The fourth-order valence-electron chi connectivity index (χ4n) is 2.18. The van der Waals surface area contributed by atoms with Crippen molar-refractivity contribution < 1.29 is 24.2 Å². The summed E-state index contributed by atoms with van der Waals surface area (Å²) in [6.07, 6.45) is 0.306. The molecule has 9 heteroatoms. The topological polar surface area (TPSA) is 96.9 Å². The van der Waals surface area contributed by atoms with E-state index in [2.05, 4.69) is 10.6 Å². The molecule has 0 saturated heterocycles. The van der Waals surface area contributed by atoms with Gasteiger partial charge in [0.1, 0.15) is 17.4 Å². The minimum atomic E-state index is -0.793. The number of benzene rings is 1. The molecule has 1 aromatic rings. The zero-order chi connectivity index (χ0) is 20.6. The third-order valence-corrected chi connectivity index (χ3v) is 4.99. The second-order valence-corrected chi connectivity index (χ2v) is 9.27. The lowest BCUT2D eigenvalue weighted by Crippen LogP contribution is -2.49. The predicted octanol–water partition coefficient (Wildman–Crippen LogP) is 3.19. The minimum absolute atomic E-state index is 0.209. The Labute approximate surface area is 187 Å². The first kappa shape index (κ1) is 24.2. The number of alkyl carbamates (subject to hydrolysis) is 1. The third kappa shape index (κ3) is 9.28. The van der Waals surface area contributed by atoms with Crippen LogP contribution in [0.25, 0.3) is 0 Å². The van der Waals surface area contributed by atoms with Crippen LogP contribution < -0.4 is 10.6 Å². The largest absolute Gasteiger partial charge is 0.506 e. The van der Waals surface area contributed by atoms with Gasteiger partial charge in [-0.15, -0.1) is 0 Å². The van der Waals surface area contributed by atoms with E-state index < -0.39 is 17.7 Å². The molecule has 0 aliphatic rings. The van der Waals surface area contributed by atoms with E-state index in [1.54, 1.807) is 40.0 Å². The number of methoxy groups -OCH3 is 1. The number of aromatic hydroxyl groups is 1. The Bertz CT molecular complexity index is 639. The van der Waals surface area contributed by atoms with Crippen LogP contribution in [0.15, 0.2) is 12.1 Å². The van der Waals surface area contributed by atoms with Crippen molar-refractivity contribution in [3.8, 4) is 5.75 Å². The Morgan fingerprint density at radius 1 is 1.22 bits per heavy atom. The first-order valence-electron chi connectivity index (χ1n) is 8.46. The summed E-state index contributed by atoms with van der Waals surface area (Å²) in [4.78, 5) is 24.7. The van der Waals surface area contributed by atoms with E-state index in [-0.39, 0.29) is 18.1 Å². The van der Waals surface area contributed by atoms with Crippen LogP contribution in [0.3, 0.4) is 0 Å². The number of hydrogen-bond donors (Lipinski definition) is 3. The van der Waals surface area contributed by atoms with Crippen LogP contribution in [0.5, 0.6) is 5.75 Å². The van der Waals surface area contributed by atoms with Gasteiger partial charge in [-0.05, 0) is 90.1 Å². The molecule has 0 spiro atoms. The Balaban J connectivity index is 2.89. The van der Waals surface area contributed by atoms with Gasteiger partial charge in [0.15, 0.2) is 0 Å². The smallest absolute Gasteiger partial charge is 0.408 e. The summed E-state index contributed by atoms with van der Waals surface area (Å²) >= 11 is 4.07. The summed E-state index contributed by atoms with van der Waals surface area (Å²) < 4.78 is 11.6. The van der Waals surface area contributed by atoms with Crippen molar-refractivity contribution in [1.29, 1.82) is 0 Å². The molecule has 2 amide bonds. The van der Waals surface area contributed by atoms with Gasteiger partial charge in [0, 0.05) is 26.7 Å². The van der Waals surface area contributed by atoms with Gasteiger partial charge in [0.05, 0.1) is 7.14 Å². The highest BCUT2D eigenvalue weighted by molar-refractivity contribution is 14.1. The van der Waals surface area contributed by atoms with E-state index in [4.69, 9.17) is 9.47 Å². The number of rotatable bonds is 8. The molecule has 0 aliphatic carbocycles. The number of ether oxygens (including phenoxy) is 2. The average molecular weight is 604 g/mol. The molecule has 0 bridgehead atoms. The quantitative estimate of drug-likeness (QED) is 0.313. The molecule has 1 rings (SSSR count). The van der Waals surface area contributed by atoms with Gasteiger partial charge in [-0.3, -0.25) is 4.79 Å². The molecule has 1 atom stereocenters. The van der Waals surface area contributed by atoms with Gasteiger partial charge >= 0.3 is 6.09 Å². The number of amides is 2.